The molecule has 0 atom stereocenters. The average Bonchev–Trinajstić information content (AvgIpc) is 2.82. The summed E-state index contributed by atoms with van der Waals surface area (Å²) in [5.74, 6) is 1.12. The summed E-state index contributed by atoms with van der Waals surface area (Å²) in [6.45, 7) is 2.18. The minimum absolute atomic E-state index is 0.0358. The van der Waals surface area contributed by atoms with Crippen LogP contribution in [0.25, 0.3) is 21.9 Å². The molecule has 0 heterocycles. The van der Waals surface area contributed by atoms with Crippen LogP contribution in [0.3, 0.4) is 0 Å². The van der Waals surface area contributed by atoms with Gasteiger partial charge in [0.25, 0.3) is 0 Å². The second-order valence-corrected chi connectivity index (χ2v) is 8.02. The summed E-state index contributed by atoms with van der Waals surface area (Å²) in [4.78, 5) is 0. The van der Waals surface area contributed by atoms with E-state index < -0.39 is 23.3 Å². The van der Waals surface area contributed by atoms with Gasteiger partial charge >= 0.3 is 0 Å². The SMILES string of the molecule is CCCCCc1ccc(-c2ccc(C#Cc3ccc4c(F)c(F)c(F)cc4c3)c(F)c2)cc1. The molecule has 0 aromatic heterocycles. The van der Waals surface area contributed by atoms with Gasteiger partial charge in [-0.1, -0.05) is 68.0 Å². The molecular formula is C29H22F4. The summed E-state index contributed by atoms with van der Waals surface area (Å²) < 4.78 is 55.5. The summed E-state index contributed by atoms with van der Waals surface area (Å²) in [5, 5.41) is 0.151. The zero-order chi connectivity index (χ0) is 23.4. The second kappa shape index (κ2) is 9.92. The van der Waals surface area contributed by atoms with E-state index in [1.54, 1.807) is 6.07 Å². The maximum atomic E-state index is 14.7. The third-order valence-electron chi connectivity index (χ3n) is 5.64. The van der Waals surface area contributed by atoms with Gasteiger partial charge in [-0.05, 0) is 65.3 Å². The van der Waals surface area contributed by atoms with Crippen molar-refractivity contribution in [3.63, 3.8) is 0 Å². The van der Waals surface area contributed by atoms with Crippen LogP contribution in [0.4, 0.5) is 17.6 Å². The van der Waals surface area contributed by atoms with Crippen LogP contribution in [0.15, 0.2) is 66.7 Å². The van der Waals surface area contributed by atoms with E-state index in [4.69, 9.17) is 0 Å². The van der Waals surface area contributed by atoms with E-state index >= 15 is 0 Å². The predicted octanol–water partition coefficient (Wildman–Crippen LogP) is 8.20. The molecule has 0 saturated heterocycles. The lowest BCUT2D eigenvalue weighted by atomic mass is 10.00. The number of aryl methyl sites for hydroxylation is 1. The highest BCUT2D eigenvalue weighted by Gasteiger charge is 2.13. The first-order valence-corrected chi connectivity index (χ1v) is 10.9. The molecule has 4 aromatic carbocycles. The molecule has 4 aromatic rings. The van der Waals surface area contributed by atoms with Crippen LogP contribution in [0.5, 0.6) is 0 Å². The van der Waals surface area contributed by atoms with Gasteiger partial charge in [0.2, 0.25) is 0 Å². The fourth-order valence-corrected chi connectivity index (χ4v) is 3.76. The number of hydrogen-bond acceptors (Lipinski definition) is 0. The van der Waals surface area contributed by atoms with Gasteiger partial charge < -0.3 is 0 Å². The van der Waals surface area contributed by atoms with Crippen LogP contribution in [0.1, 0.15) is 42.9 Å². The Kier molecular flexibility index (Phi) is 6.79. The summed E-state index contributed by atoms with van der Waals surface area (Å²) in [6, 6.07) is 18.2. The molecule has 166 valence electrons. The van der Waals surface area contributed by atoms with E-state index in [9.17, 15) is 17.6 Å². The quantitative estimate of drug-likeness (QED) is 0.125. The lowest BCUT2D eigenvalue weighted by Gasteiger charge is -2.06. The van der Waals surface area contributed by atoms with E-state index in [2.05, 4.69) is 30.9 Å². The van der Waals surface area contributed by atoms with Crippen molar-refractivity contribution in [2.24, 2.45) is 0 Å². The molecule has 0 aliphatic rings. The first-order valence-electron chi connectivity index (χ1n) is 10.9. The van der Waals surface area contributed by atoms with Crippen molar-refractivity contribution in [3.05, 3.63) is 107 Å². The molecule has 0 N–H and O–H groups in total. The molecule has 0 bridgehead atoms. The molecule has 0 amide bonds. The van der Waals surface area contributed by atoms with E-state index in [0.717, 1.165) is 30.0 Å². The van der Waals surface area contributed by atoms with Crippen LogP contribution in [-0.2, 0) is 6.42 Å². The van der Waals surface area contributed by atoms with Crippen LogP contribution in [-0.4, -0.2) is 0 Å². The number of rotatable bonds is 5. The summed E-state index contributed by atoms with van der Waals surface area (Å²) in [6.07, 6.45) is 4.60. The zero-order valence-corrected chi connectivity index (χ0v) is 18.2. The molecule has 0 saturated carbocycles. The van der Waals surface area contributed by atoms with Crippen molar-refractivity contribution < 1.29 is 17.6 Å². The van der Waals surface area contributed by atoms with Gasteiger partial charge in [-0.15, -0.1) is 0 Å². The smallest absolute Gasteiger partial charge is 0.195 e. The number of halogens is 4. The van der Waals surface area contributed by atoms with Gasteiger partial charge in [-0.25, -0.2) is 17.6 Å². The summed E-state index contributed by atoms with van der Waals surface area (Å²) in [7, 11) is 0. The Morgan fingerprint density at radius 3 is 2.15 bits per heavy atom. The maximum absolute atomic E-state index is 14.7. The Balaban J connectivity index is 1.54. The molecule has 4 rings (SSSR count). The van der Waals surface area contributed by atoms with Crippen molar-refractivity contribution in [1.29, 1.82) is 0 Å². The lowest BCUT2D eigenvalue weighted by molar-refractivity contribution is 0.453. The first kappa shape index (κ1) is 22.6. The minimum atomic E-state index is -1.50. The van der Waals surface area contributed by atoms with E-state index in [1.165, 1.54) is 42.7 Å². The normalized spacial score (nSPS) is 10.8. The van der Waals surface area contributed by atoms with Crippen molar-refractivity contribution in [1.82, 2.24) is 0 Å². The highest BCUT2D eigenvalue weighted by atomic mass is 19.2. The number of unbranched alkanes of at least 4 members (excludes halogenated alkanes) is 2. The molecule has 0 spiro atoms. The van der Waals surface area contributed by atoms with E-state index in [-0.39, 0.29) is 16.3 Å². The molecule has 0 aliphatic carbocycles. The molecule has 33 heavy (non-hydrogen) atoms. The topological polar surface area (TPSA) is 0 Å². The van der Waals surface area contributed by atoms with Gasteiger partial charge in [0.05, 0.1) is 5.56 Å². The standard InChI is InChI=1S/C29H22F4/c1-2-3-4-5-19-6-10-21(11-7-19)23-14-13-22(26(30)17-23)12-8-20-9-15-25-24(16-20)18-27(31)29(33)28(25)32/h6-7,9-11,13-18H,2-5H2,1H3. The molecule has 0 aliphatic heterocycles. The van der Waals surface area contributed by atoms with Gasteiger partial charge in [-0.3, -0.25) is 0 Å². The van der Waals surface area contributed by atoms with Crippen molar-refractivity contribution in [3.8, 4) is 23.0 Å². The highest BCUT2D eigenvalue weighted by Crippen LogP contribution is 2.25. The van der Waals surface area contributed by atoms with E-state index in [0.29, 0.717) is 5.56 Å². The predicted molar refractivity (Wildman–Crippen MR) is 125 cm³/mol. The first-order chi connectivity index (χ1) is 16.0. The molecule has 0 unspecified atom stereocenters. The average molecular weight is 446 g/mol. The number of benzene rings is 4. The van der Waals surface area contributed by atoms with Crippen LogP contribution in [0.2, 0.25) is 0 Å². The van der Waals surface area contributed by atoms with Crippen LogP contribution < -0.4 is 0 Å². The Bertz CT molecular complexity index is 1360. The Labute approximate surface area is 190 Å². The summed E-state index contributed by atoms with van der Waals surface area (Å²) >= 11 is 0. The molecule has 4 heteroatoms. The van der Waals surface area contributed by atoms with Gasteiger partial charge in [0, 0.05) is 10.9 Å². The van der Waals surface area contributed by atoms with Gasteiger partial charge in [0.1, 0.15) is 5.82 Å². The Morgan fingerprint density at radius 1 is 0.667 bits per heavy atom. The van der Waals surface area contributed by atoms with E-state index in [1.807, 2.05) is 18.2 Å². The maximum Gasteiger partial charge on any atom is 0.195 e. The highest BCUT2D eigenvalue weighted by molar-refractivity contribution is 5.84. The number of hydrogen-bond donors (Lipinski definition) is 0. The monoisotopic (exact) mass is 446 g/mol. The minimum Gasteiger partial charge on any atom is -0.206 e. The lowest BCUT2D eigenvalue weighted by Crippen LogP contribution is -1.92. The zero-order valence-electron chi connectivity index (χ0n) is 18.2. The number of fused-ring (bicyclic) bond motifs is 1. The van der Waals surface area contributed by atoms with Crippen molar-refractivity contribution >= 4 is 10.8 Å². The van der Waals surface area contributed by atoms with Gasteiger partial charge in [-0.2, -0.15) is 0 Å². The Morgan fingerprint density at radius 2 is 1.42 bits per heavy atom. The molecule has 0 radical (unpaired) electrons. The van der Waals surface area contributed by atoms with Crippen LogP contribution in [0, 0.1) is 35.1 Å². The second-order valence-electron chi connectivity index (χ2n) is 8.02. The third kappa shape index (κ3) is 5.09. The molecule has 0 nitrogen and oxygen atoms in total. The molecule has 0 fully saturated rings. The van der Waals surface area contributed by atoms with Crippen molar-refractivity contribution in [2.45, 2.75) is 32.6 Å². The largest absolute Gasteiger partial charge is 0.206 e. The Hall–Kier alpha value is -3.58. The molecular weight excluding hydrogens is 424 g/mol. The van der Waals surface area contributed by atoms with Gasteiger partial charge in [0.15, 0.2) is 17.5 Å². The van der Waals surface area contributed by atoms with Crippen molar-refractivity contribution in [2.75, 3.05) is 0 Å². The fourth-order valence-electron chi connectivity index (χ4n) is 3.76. The van der Waals surface area contributed by atoms with Crippen LogP contribution >= 0.6 is 0 Å². The fraction of sp³-hybridized carbons (Fsp3) is 0.172. The third-order valence-corrected chi connectivity index (χ3v) is 5.64. The summed E-state index contributed by atoms with van der Waals surface area (Å²) in [5.41, 5.74) is 3.62.